The topological polar surface area (TPSA) is 35.2 Å². The van der Waals surface area contributed by atoms with Crippen molar-refractivity contribution in [1.82, 2.24) is 0 Å². The zero-order chi connectivity index (χ0) is 12.3. The minimum Gasteiger partial charge on any atom is -0.488 e. The number of hydrogen-bond acceptors (Lipinski definition) is 2. The largest absolute Gasteiger partial charge is 0.488 e. The Bertz CT molecular complexity index is 372. The van der Waals surface area contributed by atoms with Gasteiger partial charge >= 0.3 is 0 Å². The number of nitrogens with two attached hydrogens (primary N) is 1. The molecule has 0 saturated heterocycles. The molecular formula is C14H20FNO. The summed E-state index contributed by atoms with van der Waals surface area (Å²) in [5.41, 5.74) is 6.12. The van der Waals surface area contributed by atoms with E-state index in [1.54, 1.807) is 6.07 Å². The van der Waals surface area contributed by atoms with Gasteiger partial charge in [0.05, 0.1) is 11.8 Å². The first-order valence-electron chi connectivity index (χ1n) is 6.40. The molecule has 17 heavy (non-hydrogen) atoms. The van der Waals surface area contributed by atoms with E-state index in [1.165, 1.54) is 31.4 Å². The number of ether oxygens (including phenoxy) is 1. The molecule has 0 bridgehead atoms. The van der Waals surface area contributed by atoms with Gasteiger partial charge < -0.3 is 10.5 Å². The third-order valence-corrected chi connectivity index (χ3v) is 3.64. The van der Waals surface area contributed by atoms with E-state index in [0.717, 1.165) is 18.8 Å². The van der Waals surface area contributed by atoms with Crippen LogP contribution in [0, 0.1) is 11.7 Å². The molecule has 0 amide bonds. The molecule has 1 fully saturated rings. The van der Waals surface area contributed by atoms with Crippen LogP contribution in [0.4, 0.5) is 10.1 Å². The summed E-state index contributed by atoms with van der Waals surface area (Å²) in [5, 5.41) is 0. The maximum absolute atomic E-state index is 12.9. The first-order chi connectivity index (χ1) is 8.19. The Kier molecular flexibility index (Phi) is 3.87. The summed E-state index contributed by atoms with van der Waals surface area (Å²) in [6.07, 6.45) is 6.10. The average Bonchev–Trinajstić information content (AvgIpc) is 2.34. The van der Waals surface area contributed by atoms with E-state index in [1.807, 2.05) is 0 Å². The molecule has 1 aliphatic carbocycles. The Morgan fingerprint density at radius 1 is 1.29 bits per heavy atom. The van der Waals surface area contributed by atoms with Gasteiger partial charge in [-0.1, -0.05) is 13.3 Å². The van der Waals surface area contributed by atoms with Crippen molar-refractivity contribution in [1.29, 1.82) is 0 Å². The number of hydrogen-bond donors (Lipinski definition) is 1. The predicted molar refractivity (Wildman–Crippen MR) is 67.5 cm³/mol. The minimum absolute atomic E-state index is 0.241. The van der Waals surface area contributed by atoms with Crippen LogP contribution in [0.15, 0.2) is 18.2 Å². The van der Waals surface area contributed by atoms with Crippen molar-refractivity contribution < 1.29 is 9.13 Å². The van der Waals surface area contributed by atoms with Gasteiger partial charge in [-0.2, -0.15) is 0 Å². The molecule has 1 aromatic rings. The molecule has 1 saturated carbocycles. The molecule has 0 radical (unpaired) electrons. The summed E-state index contributed by atoms with van der Waals surface area (Å²) in [6, 6.07) is 4.33. The molecule has 0 unspecified atom stereocenters. The molecule has 0 atom stereocenters. The van der Waals surface area contributed by atoms with E-state index >= 15 is 0 Å². The van der Waals surface area contributed by atoms with Gasteiger partial charge in [0, 0.05) is 6.07 Å². The van der Waals surface area contributed by atoms with Gasteiger partial charge in [-0.25, -0.2) is 4.39 Å². The van der Waals surface area contributed by atoms with Gasteiger partial charge in [-0.05, 0) is 43.7 Å². The first kappa shape index (κ1) is 12.2. The summed E-state index contributed by atoms with van der Waals surface area (Å²) in [5.74, 6) is 1.15. The summed E-state index contributed by atoms with van der Waals surface area (Å²) in [6.45, 7) is 2.24. The molecule has 0 heterocycles. The third-order valence-electron chi connectivity index (χ3n) is 3.64. The lowest BCUT2D eigenvalue weighted by atomic mass is 9.86. The van der Waals surface area contributed by atoms with Crippen LogP contribution in [0.25, 0.3) is 0 Å². The normalized spacial score (nSPS) is 24.6. The zero-order valence-corrected chi connectivity index (χ0v) is 10.3. The predicted octanol–water partition coefficient (Wildman–Crippen LogP) is 3.76. The maximum atomic E-state index is 12.9. The quantitative estimate of drug-likeness (QED) is 0.812. The van der Waals surface area contributed by atoms with Gasteiger partial charge in [-0.3, -0.25) is 0 Å². The Labute approximate surface area is 102 Å². The highest BCUT2D eigenvalue weighted by Crippen LogP contribution is 2.31. The molecule has 2 rings (SSSR count). The van der Waals surface area contributed by atoms with E-state index < -0.39 is 0 Å². The number of halogens is 1. The van der Waals surface area contributed by atoms with Crippen molar-refractivity contribution in [3.8, 4) is 5.75 Å². The summed E-state index contributed by atoms with van der Waals surface area (Å²) in [4.78, 5) is 0. The molecule has 2 N–H and O–H groups in total. The molecule has 1 aliphatic rings. The van der Waals surface area contributed by atoms with Crippen molar-refractivity contribution in [3.05, 3.63) is 24.0 Å². The number of anilines is 1. The van der Waals surface area contributed by atoms with Crippen molar-refractivity contribution in [2.75, 3.05) is 5.73 Å². The van der Waals surface area contributed by atoms with Crippen LogP contribution in [-0.4, -0.2) is 6.10 Å². The smallest absolute Gasteiger partial charge is 0.142 e. The average molecular weight is 237 g/mol. The van der Waals surface area contributed by atoms with Crippen molar-refractivity contribution >= 4 is 5.69 Å². The highest BCUT2D eigenvalue weighted by Gasteiger charge is 2.21. The van der Waals surface area contributed by atoms with Gasteiger partial charge in [0.2, 0.25) is 0 Å². The number of nitrogen functional groups attached to an aromatic ring is 1. The number of benzene rings is 1. The second-order valence-electron chi connectivity index (χ2n) is 4.85. The molecule has 3 heteroatoms. The fourth-order valence-electron chi connectivity index (χ4n) is 2.46. The Morgan fingerprint density at radius 2 is 2.00 bits per heavy atom. The van der Waals surface area contributed by atoms with Crippen LogP contribution in [0.1, 0.15) is 39.0 Å². The summed E-state index contributed by atoms with van der Waals surface area (Å²) >= 11 is 0. The summed E-state index contributed by atoms with van der Waals surface area (Å²) in [7, 11) is 0. The zero-order valence-electron chi connectivity index (χ0n) is 10.3. The molecule has 1 aromatic carbocycles. The highest BCUT2D eigenvalue weighted by atomic mass is 19.1. The van der Waals surface area contributed by atoms with Gasteiger partial charge in [0.25, 0.3) is 0 Å². The van der Waals surface area contributed by atoms with Crippen LogP contribution in [0.2, 0.25) is 0 Å². The van der Waals surface area contributed by atoms with Crippen LogP contribution < -0.4 is 10.5 Å². The SMILES string of the molecule is CCC1CCC(Oc2ccc(F)cc2N)CC1. The molecule has 0 aliphatic heterocycles. The maximum Gasteiger partial charge on any atom is 0.142 e. The molecule has 0 spiro atoms. The van der Waals surface area contributed by atoms with Crippen LogP contribution >= 0.6 is 0 Å². The van der Waals surface area contributed by atoms with E-state index in [2.05, 4.69) is 6.92 Å². The van der Waals surface area contributed by atoms with Crippen molar-refractivity contribution in [2.45, 2.75) is 45.1 Å². The van der Waals surface area contributed by atoms with E-state index in [0.29, 0.717) is 11.4 Å². The Hall–Kier alpha value is -1.25. The number of rotatable bonds is 3. The lowest BCUT2D eigenvalue weighted by molar-refractivity contribution is 0.130. The molecule has 2 nitrogen and oxygen atoms in total. The lowest BCUT2D eigenvalue weighted by Gasteiger charge is -2.28. The second kappa shape index (κ2) is 5.39. The minimum atomic E-state index is -0.315. The van der Waals surface area contributed by atoms with E-state index in [4.69, 9.17) is 10.5 Å². The fraction of sp³-hybridized carbons (Fsp3) is 0.571. The van der Waals surface area contributed by atoms with Crippen LogP contribution in [0.3, 0.4) is 0 Å². The van der Waals surface area contributed by atoms with Crippen molar-refractivity contribution in [2.24, 2.45) is 5.92 Å². The first-order valence-corrected chi connectivity index (χ1v) is 6.40. The third kappa shape index (κ3) is 3.11. The highest BCUT2D eigenvalue weighted by molar-refractivity contribution is 5.52. The lowest BCUT2D eigenvalue weighted by Crippen LogP contribution is -2.24. The summed E-state index contributed by atoms with van der Waals surface area (Å²) < 4.78 is 18.7. The van der Waals surface area contributed by atoms with Crippen LogP contribution in [0.5, 0.6) is 5.75 Å². The second-order valence-corrected chi connectivity index (χ2v) is 4.85. The van der Waals surface area contributed by atoms with E-state index in [9.17, 15) is 4.39 Å². The van der Waals surface area contributed by atoms with Crippen LogP contribution in [-0.2, 0) is 0 Å². The van der Waals surface area contributed by atoms with Gasteiger partial charge in [0.15, 0.2) is 0 Å². The van der Waals surface area contributed by atoms with E-state index in [-0.39, 0.29) is 11.9 Å². The van der Waals surface area contributed by atoms with Gasteiger partial charge in [0.1, 0.15) is 11.6 Å². The monoisotopic (exact) mass is 237 g/mol. The standard InChI is InChI=1S/C14H20FNO/c1-2-10-3-6-12(7-4-10)17-14-8-5-11(15)9-13(14)16/h5,8-10,12H,2-4,6-7,16H2,1H3. The molecular weight excluding hydrogens is 217 g/mol. The molecule has 0 aromatic heterocycles. The Morgan fingerprint density at radius 3 is 2.59 bits per heavy atom. The van der Waals surface area contributed by atoms with Crippen molar-refractivity contribution in [3.63, 3.8) is 0 Å². The fourth-order valence-corrected chi connectivity index (χ4v) is 2.46. The molecule has 94 valence electrons. The van der Waals surface area contributed by atoms with Gasteiger partial charge in [-0.15, -0.1) is 0 Å². The Balaban J connectivity index is 1.93.